The largest absolute Gasteiger partial charge is 0.497 e. The third-order valence-electron chi connectivity index (χ3n) is 8.66. The molecule has 0 unspecified atom stereocenters. The number of methoxy groups -OCH3 is 1. The van der Waals surface area contributed by atoms with Gasteiger partial charge in [-0.15, -0.1) is 5.10 Å². The minimum absolute atomic E-state index is 0.0370. The molecule has 1 aliphatic heterocycles. The van der Waals surface area contributed by atoms with Crippen LogP contribution in [-0.4, -0.2) is 74.8 Å². The van der Waals surface area contributed by atoms with Gasteiger partial charge in [0, 0.05) is 61.9 Å². The lowest BCUT2D eigenvalue weighted by Gasteiger charge is -2.42. The zero-order chi connectivity index (χ0) is 30.3. The fraction of sp³-hybridized carbons (Fsp3) is 0.424. The normalized spacial score (nSPS) is 14.8. The van der Waals surface area contributed by atoms with E-state index in [4.69, 9.17) is 4.74 Å². The van der Waals surface area contributed by atoms with Crippen molar-refractivity contribution in [1.82, 2.24) is 35.4 Å². The standard InChI is InChI=1S/C33H42N8O2/c1-23-10-14-34-20-27(23)21-40(28-6-8-31(43-5)9-7-28)29-12-16-39(17-13-29)26(4)11-15-35-33(42)32-24(2)18-30(19-25(32)3)41-22-36-37-38-41/h6-10,14,18-20,22,26,29H,11-13,15-17,21H2,1-5H3,(H,35,42)/t26-/m1/s1. The van der Waals surface area contributed by atoms with Crippen LogP contribution in [0.25, 0.3) is 5.69 Å². The number of pyridine rings is 1. The van der Waals surface area contributed by atoms with Gasteiger partial charge in [-0.3, -0.25) is 9.78 Å². The molecule has 5 rings (SSSR count). The molecule has 1 N–H and O–H groups in total. The number of tetrazole rings is 1. The third-order valence-corrected chi connectivity index (χ3v) is 8.66. The molecule has 0 bridgehead atoms. The number of nitrogens with one attached hydrogen (secondary N) is 1. The number of benzene rings is 2. The number of aromatic nitrogens is 5. The maximum Gasteiger partial charge on any atom is 0.251 e. The SMILES string of the molecule is COc1ccc(N(Cc2cnccc2C)C2CCN([C@H](C)CCNC(=O)c3c(C)cc(-n4cnnn4)cc3C)CC2)cc1. The molecule has 1 fully saturated rings. The first kappa shape index (κ1) is 30.2. The predicted molar refractivity (Wildman–Crippen MR) is 168 cm³/mol. The number of likely N-dealkylation sites (tertiary alicyclic amines) is 1. The Kier molecular flexibility index (Phi) is 9.66. The lowest BCUT2D eigenvalue weighted by Crippen LogP contribution is -2.48. The summed E-state index contributed by atoms with van der Waals surface area (Å²) in [6.45, 7) is 11.8. The summed E-state index contributed by atoms with van der Waals surface area (Å²) in [6, 6.07) is 15.2. The summed E-state index contributed by atoms with van der Waals surface area (Å²) < 4.78 is 7.01. The second kappa shape index (κ2) is 13.8. The first-order valence-corrected chi connectivity index (χ1v) is 15.0. The Balaban J connectivity index is 1.16. The van der Waals surface area contributed by atoms with Gasteiger partial charge in [-0.25, -0.2) is 4.68 Å². The third kappa shape index (κ3) is 7.19. The second-order valence-electron chi connectivity index (χ2n) is 11.5. The Labute approximate surface area is 254 Å². The number of hydrogen-bond donors (Lipinski definition) is 1. The zero-order valence-corrected chi connectivity index (χ0v) is 25.8. The molecule has 1 atom stereocenters. The molecule has 0 radical (unpaired) electrons. The number of amides is 1. The molecule has 3 heterocycles. The summed E-state index contributed by atoms with van der Waals surface area (Å²) in [7, 11) is 1.70. The minimum Gasteiger partial charge on any atom is -0.497 e. The Bertz CT molecular complexity index is 1470. The lowest BCUT2D eigenvalue weighted by molar-refractivity contribution is 0.0944. The summed E-state index contributed by atoms with van der Waals surface area (Å²) in [5.41, 5.74) is 7.08. The zero-order valence-electron chi connectivity index (χ0n) is 25.8. The molecule has 2 aromatic heterocycles. The van der Waals surface area contributed by atoms with Crippen LogP contribution in [0.2, 0.25) is 0 Å². The molecule has 10 heteroatoms. The topological polar surface area (TPSA) is 101 Å². The van der Waals surface area contributed by atoms with E-state index in [1.54, 1.807) is 18.1 Å². The van der Waals surface area contributed by atoms with Crippen LogP contribution < -0.4 is 15.0 Å². The van der Waals surface area contributed by atoms with E-state index >= 15 is 0 Å². The van der Waals surface area contributed by atoms with Gasteiger partial charge in [0.05, 0.1) is 12.8 Å². The highest BCUT2D eigenvalue weighted by Crippen LogP contribution is 2.29. The van der Waals surface area contributed by atoms with Crippen LogP contribution in [-0.2, 0) is 6.54 Å². The van der Waals surface area contributed by atoms with Gasteiger partial charge in [0.15, 0.2) is 0 Å². The first-order chi connectivity index (χ1) is 20.8. The molecule has 0 aliphatic carbocycles. The number of carbonyl (C=O) groups excluding carboxylic acids is 1. The Morgan fingerprint density at radius 3 is 2.42 bits per heavy atom. The van der Waals surface area contributed by atoms with E-state index in [9.17, 15) is 4.79 Å². The number of carbonyl (C=O) groups is 1. The number of aryl methyl sites for hydroxylation is 3. The van der Waals surface area contributed by atoms with Gasteiger partial charge in [-0.1, -0.05) is 0 Å². The Morgan fingerprint density at radius 1 is 1.07 bits per heavy atom. The van der Waals surface area contributed by atoms with Crippen molar-refractivity contribution in [2.75, 3.05) is 31.6 Å². The van der Waals surface area contributed by atoms with E-state index in [-0.39, 0.29) is 5.91 Å². The van der Waals surface area contributed by atoms with Crippen LogP contribution >= 0.6 is 0 Å². The number of ether oxygens (including phenoxy) is 1. The quantitative estimate of drug-likeness (QED) is 0.272. The fourth-order valence-electron chi connectivity index (χ4n) is 6.07. The molecular formula is C33H42N8O2. The Hall–Kier alpha value is -4.31. The van der Waals surface area contributed by atoms with Crippen molar-refractivity contribution >= 4 is 11.6 Å². The second-order valence-corrected chi connectivity index (χ2v) is 11.5. The van der Waals surface area contributed by atoms with Crippen LogP contribution in [0.15, 0.2) is 61.2 Å². The van der Waals surface area contributed by atoms with Crippen LogP contribution in [0.4, 0.5) is 5.69 Å². The van der Waals surface area contributed by atoms with Crippen molar-refractivity contribution in [2.24, 2.45) is 0 Å². The van der Waals surface area contributed by atoms with Gasteiger partial charge in [0.25, 0.3) is 5.91 Å². The summed E-state index contributed by atoms with van der Waals surface area (Å²) in [5, 5.41) is 14.5. The maximum absolute atomic E-state index is 13.1. The van der Waals surface area contributed by atoms with Gasteiger partial charge >= 0.3 is 0 Å². The first-order valence-electron chi connectivity index (χ1n) is 15.0. The maximum atomic E-state index is 13.1. The van der Waals surface area contributed by atoms with E-state index in [2.05, 4.69) is 67.7 Å². The van der Waals surface area contributed by atoms with Crippen LogP contribution in [0, 0.1) is 20.8 Å². The van der Waals surface area contributed by atoms with E-state index < -0.39 is 0 Å². The molecule has 1 saturated heterocycles. The summed E-state index contributed by atoms with van der Waals surface area (Å²) in [5.74, 6) is 0.827. The molecular weight excluding hydrogens is 540 g/mol. The average Bonchev–Trinajstić information content (AvgIpc) is 3.56. The molecule has 226 valence electrons. The summed E-state index contributed by atoms with van der Waals surface area (Å²) in [6.07, 6.45) is 8.45. The van der Waals surface area contributed by atoms with Gasteiger partial charge < -0.3 is 19.9 Å². The van der Waals surface area contributed by atoms with E-state index in [1.807, 2.05) is 50.5 Å². The van der Waals surface area contributed by atoms with Crippen LogP contribution in [0.5, 0.6) is 5.75 Å². The van der Waals surface area contributed by atoms with Gasteiger partial charge in [-0.2, -0.15) is 0 Å². The molecule has 2 aromatic carbocycles. The smallest absolute Gasteiger partial charge is 0.251 e. The van der Waals surface area contributed by atoms with Gasteiger partial charge in [0.1, 0.15) is 12.1 Å². The van der Waals surface area contributed by atoms with Crippen molar-refractivity contribution in [1.29, 1.82) is 0 Å². The molecule has 1 amide bonds. The molecule has 0 saturated carbocycles. The van der Waals surface area contributed by atoms with E-state index in [1.165, 1.54) is 16.8 Å². The molecule has 43 heavy (non-hydrogen) atoms. The number of anilines is 1. The molecule has 0 spiro atoms. The highest BCUT2D eigenvalue weighted by Gasteiger charge is 2.28. The number of piperidine rings is 1. The summed E-state index contributed by atoms with van der Waals surface area (Å²) >= 11 is 0. The fourth-order valence-corrected chi connectivity index (χ4v) is 6.07. The van der Waals surface area contributed by atoms with Crippen molar-refractivity contribution in [3.8, 4) is 11.4 Å². The van der Waals surface area contributed by atoms with Crippen molar-refractivity contribution < 1.29 is 9.53 Å². The monoisotopic (exact) mass is 582 g/mol. The van der Waals surface area contributed by atoms with Crippen molar-refractivity contribution in [2.45, 2.75) is 65.6 Å². The predicted octanol–water partition coefficient (Wildman–Crippen LogP) is 4.67. The van der Waals surface area contributed by atoms with Crippen LogP contribution in [0.3, 0.4) is 0 Å². The Morgan fingerprint density at radius 2 is 1.79 bits per heavy atom. The lowest BCUT2D eigenvalue weighted by atomic mass is 9.98. The van der Waals surface area contributed by atoms with Crippen molar-refractivity contribution in [3.05, 3.63) is 89.0 Å². The number of nitrogens with zero attached hydrogens (tertiary/aromatic N) is 7. The molecule has 1 aliphatic rings. The molecule has 10 nitrogen and oxygen atoms in total. The average molecular weight is 583 g/mol. The highest BCUT2D eigenvalue weighted by atomic mass is 16.5. The van der Waals surface area contributed by atoms with Crippen LogP contribution in [0.1, 0.15) is 58.8 Å². The minimum atomic E-state index is -0.0370. The highest BCUT2D eigenvalue weighted by molar-refractivity contribution is 5.97. The summed E-state index contributed by atoms with van der Waals surface area (Å²) in [4.78, 5) is 22.6. The van der Waals surface area contributed by atoms with Gasteiger partial charge in [-0.05, 0) is 122 Å². The number of hydrogen-bond acceptors (Lipinski definition) is 8. The van der Waals surface area contributed by atoms with Gasteiger partial charge in [0.2, 0.25) is 0 Å². The molecule has 4 aromatic rings. The number of rotatable bonds is 11. The van der Waals surface area contributed by atoms with E-state index in [0.29, 0.717) is 24.2 Å². The van der Waals surface area contributed by atoms with Crippen molar-refractivity contribution in [3.63, 3.8) is 0 Å². The van der Waals surface area contributed by atoms with E-state index in [0.717, 1.165) is 61.5 Å².